The Morgan fingerprint density at radius 2 is 2.00 bits per heavy atom. The average molecular weight is 300 g/mol. The van der Waals surface area contributed by atoms with Gasteiger partial charge < -0.3 is 5.73 Å². The molecule has 0 bridgehead atoms. The largest absolute Gasteiger partial charge is 0.402 e. The normalized spacial score (nSPS) is 13.2. The van der Waals surface area contributed by atoms with E-state index in [0.29, 0.717) is 10.00 Å². The number of nitrogens with two attached hydrogens (primary N) is 1. The zero-order chi connectivity index (χ0) is 14.8. The van der Waals surface area contributed by atoms with Gasteiger partial charge in [-0.25, -0.2) is 8.42 Å². The smallest absolute Gasteiger partial charge is 0.326 e. The van der Waals surface area contributed by atoms with E-state index in [2.05, 4.69) is 10.2 Å². The molecule has 0 unspecified atom stereocenters. The van der Waals surface area contributed by atoms with Crippen molar-refractivity contribution in [2.75, 3.05) is 13.1 Å². The first-order valence-corrected chi connectivity index (χ1v) is 6.88. The number of aromatic nitrogens is 2. The summed E-state index contributed by atoms with van der Waals surface area (Å²) in [5.74, 6) is 0. The van der Waals surface area contributed by atoms with Gasteiger partial charge >= 0.3 is 6.18 Å². The van der Waals surface area contributed by atoms with Crippen LogP contribution in [0, 0.1) is 6.92 Å². The van der Waals surface area contributed by atoms with Gasteiger partial charge in [0, 0.05) is 24.3 Å². The molecule has 110 valence electrons. The summed E-state index contributed by atoms with van der Waals surface area (Å²) in [7, 11) is -4.32. The number of hydrogen-bond donors (Lipinski definition) is 2. The van der Waals surface area contributed by atoms with Crippen molar-refractivity contribution in [3.8, 4) is 0 Å². The van der Waals surface area contributed by atoms with Gasteiger partial charge in [-0.3, -0.25) is 5.10 Å². The molecule has 1 aromatic heterocycles. The van der Waals surface area contributed by atoms with Crippen molar-refractivity contribution in [2.24, 2.45) is 5.73 Å². The van der Waals surface area contributed by atoms with E-state index < -0.39 is 27.8 Å². The minimum absolute atomic E-state index is 0.125. The highest BCUT2D eigenvalue weighted by Crippen LogP contribution is 2.24. The maximum Gasteiger partial charge on any atom is 0.402 e. The summed E-state index contributed by atoms with van der Waals surface area (Å²) < 4.78 is 61.7. The lowest BCUT2D eigenvalue weighted by molar-refractivity contribution is -0.135. The fourth-order valence-corrected chi connectivity index (χ4v) is 3.18. The second-order valence-electron chi connectivity index (χ2n) is 3.88. The van der Waals surface area contributed by atoms with Gasteiger partial charge in [0.25, 0.3) is 10.0 Å². The molecule has 1 heterocycles. The van der Waals surface area contributed by atoms with Crippen LogP contribution in [0.15, 0.2) is 5.03 Å². The zero-order valence-electron chi connectivity index (χ0n) is 10.5. The van der Waals surface area contributed by atoms with Crippen LogP contribution in [0.1, 0.15) is 18.2 Å². The third-order valence-corrected chi connectivity index (χ3v) is 4.43. The Balaban J connectivity index is 3.21. The van der Waals surface area contributed by atoms with E-state index in [1.54, 1.807) is 6.92 Å². The molecular formula is C9H15F3N4O2S. The van der Waals surface area contributed by atoms with Crippen LogP contribution in [0.3, 0.4) is 0 Å². The predicted molar refractivity (Wildman–Crippen MR) is 61.7 cm³/mol. The summed E-state index contributed by atoms with van der Waals surface area (Å²) in [5.41, 5.74) is 6.01. The Hall–Kier alpha value is -1.13. The molecule has 0 amide bonds. The number of alkyl halides is 3. The number of aromatic amines is 1. The number of H-pyrrole nitrogens is 1. The summed E-state index contributed by atoms with van der Waals surface area (Å²) in [6.07, 6.45) is -4.61. The van der Waals surface area contributed by atoms with Gasteiger partial charge in [-0.2, -0.15) is 22.6 Å². The summed E-state index contributed by atoms with van der Waals surface area (Å²) in [6.45, 7) is 0.888. The molecule has 0 fully saturated rings. The summed E-state index contributed by atoms with van der Waals surface area (Å²) in [6, 6.07) is 0. The number of nitrogens with zero attached hydrogens (tertiary/aromatic N) is 2. The molecule has 0 aliphatic carbocycles. The van der Waals surface area contributed by atoms with Gasteiger partial charge in [0.15, 0.2) is 5.03 Å². The zero-order valence-corrected chi connectivity index (χ0v) is 11.3. The van der Waals surface area contributed by atoms with E-state index in [1.165, 1.54) is 6.92 Å². The number of sulfonamides is 1. The molecule has 6 nitrogen and oxygen atoms in total. The van der Waals surface area contributed by atoms with Crippen molar-refractivity contribution in [3.05, 3.63) is 11.3 Å². The van der Waals surface area contributed by atoms with Crippen molar-refractivity contribution in [1.29, 1.82) is 0 Å². The van der Waals surface area contributed by atoms with Crippen LogP contribution in [-0.2, 0) is 16.6 Å². The molecule has 1 rings (SSSR count). The Bertz CT molecular complexity index is 538. The van der Waals surface area contributed by atoms with Crippen molar-refractivity contribution in [2.45, 2.75) is 31.6 Å². The molecule has 19 heavy (non-hydrogen) atoms. The second kappa shape index (κ2) is 5.47. The molecule has 0 saturated heterocycles. The van der Waals surface area contributed by atoms with Crippen molar-refractivity contribution < 1.29 is 21.6 Å². The van der Waals surface area contributed by atoms with Crippen LogP contribution >= 0.6 is 0 Å². The van der Waals surface area contributed by atoms with Crippen LogP contribution < -0.4 is 5.73 Å². The second-order valence-corrected chi connectivity index (χ2v) is 5.74. The molecule has 10 heteroatoms. The van der Waals surface area contributed by atoms with Gasteiger partial charge in [0.1, 0.15) is 6.54 Å². The van der Waals surface area contributed by atoms with E-state index in [-0.39, 0.29) is 18.7 Å². The van der Waals surface area contributed by atoms with Gasteiger partial charge in [-0.15, -0.1) is 0 Å². The van der Waals surface area contributed by atoms with Crippen LogP contribution in [0.25, 0.3) is 0 Å². The molecule has 0 aliphatic rings. The minimum atomic E-state index is -4.61. The third-order valence-electron chi connectivity index (χ3n) is 2.53. The quantitative estimate of drug-likeness (QED) is 0.839. The van der Waals surface area contributed by atoms with Crippen LogP contribution in [0.4, 0.5) is 13.2 Å². The Labute approximate surface area is 108 Å². The third kappa shape index (κ3) is 3.45. The number of halogens is 3. The first kappa shape index (κ1) is 15.9. The Morgan fingerprint density at radius 3 is 2.42 bits per heavy atom. The molecule has 0 saturated carbocycles. The number of aryl methyl sites for hydroxylation is 1. The fourth-order valence-electron chi connectivity index (χ4n) is 1.57. The van der Waals surface area contributed by atoms with Gasteiger partial charge in [0.2, 0.25) is 0 Å². The standard InChI is InChI=1S/C9H15F3N4O2S/c1-3-16(5-9(10,11)12)19(17,18)8-7(4-13)6(2)14-15-8/h3-5,13H2,1-2H3,(H,14,15). The van der Waals surface area contributed by atoms with Gasteiger partial charge in [0.05, 0.1) is 0 Å². The molecule has 1 aromatic rings. The highest BCUT2D eigenvalue weighted by atomic mass is 32.2. The number of rotatable bonds is 5. The summed E-state index contributed by atoms with van der Waals surface area (Å²) in [4.78, 5) is 0. The Kier molecular flexibility index (Phi) is 4.59. The van der Waals surface area contributed by atoms with E-state index >= 15 is 0 Å². The van der Waals surface area contributed by atoms with Crippen LogP contribution in [-0.4, -0.2) is 42.2 Å². The van der Waals surface area contributed by atoms with Crippen molar-refractivity contribution in [3.63, 3.8) is 0 Å². The molecule has 3 N–H and O–H groups in total. The topological polar surface area (TPSA) is 92.1 Å². The first-order chi connectivity index (χ1) is 8.63. The van der Waals surface area contributed by atoms with E-state index in [9.17, 15) is 21.6 Å². The van der Waals surface area contributed by atoms with E-state index in [4.69, 9.17) is 5.73 Å². The molecule has 0 atom stereocenters. The maximum absolute atomic E-state index is 12.4. The lowest BCUT2D eigenvalue weighted by Crippen LogP contribution is -2.39. The highest BCUT2D eigenvalue weighted by Gasteiger charge is 2.38. The Morgan fingerprint density at radius 1 is 1.42 bits per heavy atom. The monoisotopic (exact) mass is 300 g/mol. The molecule has 0 aromatic carbocycles. The van der Waals surface area contributed by atoms with E-state index in [1.807, 2.05) is 0 Å². The van der Waals surface area contributed by atoms with Gasteiger partial charge in [-0.1, -0.05) is 6.92 Å². The molecule has 0 spiro atoms. The van der Waals surface area contributed by atoms with Crippen molar-refractivity contribution in [1.82, 2.24) is 14.5 Å². The summed E-state index contributed by atoms with van der Waals surface area (Å²) >= 11 is 0. The highest BCUT2D eigenvalue weighted by molar-refractivity contribution is 7.89. The maximum atomic E-state index is 12.4. The molecule has 0 aliphatic heterocycles. The molecule has 0 radical (unpaired) electrons. The first-order valence-electron chi connectivity index (χ1n) is 5.44. The summed E-state index contributed by atoms with van der Waals surface area (Å²) in [5, 5.41) is 5.53. The van der Waals surface area contributed by atoms with E-state index in [0.717, 1.165) is 0 Å². The molecular weight excluding hydrogens is 285 g/mol. The predicted octanol–water partition coefficient (Wildman–Crippen LogP) is 0.750. The number of nitrogens with one attached hydrogen (secondary N) is 1. The minimum Gasteiger partial charge on any atom is -0.326 e. The van der Waals surface area contributed by atoms with Crippen molar-refractivity contribution >= 4 is 10.0 Å². The average Bonchev–Trinajstić information content (AvgIpc) is 2.66. The number of hydrogen-bond acceptors (Lipinski definition) is 4. The van der Waals surface area contributed by atoms with Crippen LogP contribution in [0.5, 0.6) is 0 Å². The fraction of sp³-hybridized carbons (Fsp3) is 0.667. The SMILES string of the molecule is CCN(CC(F)(F)F)S(=O)(=O)c1n[nH]c(C)c1CN. The van der Waals surface area contributed by atoms with Crippen LogP contribution in [0.2, 0.25) is 0 Å². The lowest BCUT2D eigenvalue weighted by Gasteiger charge is -2.21. The lowest BCUT2D eigenvalue weighted by atomic mass is 10.3. The van der Waals surface area contributed by atoms with Gasteiger partial charge in [-0.05, 0) is 6.92 Å².